The fraction of sp³-hybridized carbons (Fsp3) is 0.679. The number of benzene rings is 1. The van der Waals surface area contributed by atoms with Gasteiger partial charge in [0.25, 0.3) is 14.2 Å². The van der Waals surface area contributed by atoms with Crippen molar-refractivity contribution in [2.75, 3.05) is 13.7 Å². The molecule has 0 aromatic heterocycles. The van der Waals surface area contributed by atoms with Crippen LogP contribution >= 0.6 is 0 Å². The molecule has 0 aliphatic carbocycles. The summed E-state index contributed by atoms with van der Waals surface area (Å²) in [6.45, 7) is 14.7. The van der Waals surface area contributed by atoms with Gasteiger partial charge in [-0.3, -0.25) is 4.79 Å². The molecule has 0 bridgehead atoms. The van der Waals surface area contributed by atoms with E-state index >= 15 is 0 Å². The summed E-state index contributed by atoms with van der Waals surface area (Å²) in [4.78, 5) is 15.4. The third kappa shape index (κ3) is 8.20. The van der Waals surface area contributed by atoms with Crippen LogP contribution in [0.4, 0.5) is 0 Å². The van der Waals surface area contributed by atoms with Crippen molar-refractivity contribution in [2.24, 2.45) is 0 Å². The van der Waals surface area contributed by atoms with Crippen molar-refractivity contribution in [3.05, 3.63) is 41.2 Å². The monoisotopic (exact) mass is 473 g/mol. The predicted molar refractivity (Wildman–Crippen MR) is 141 cm³/mol. The highest BCUT2D eigenvalue weighted by atomic mass is 28.4. The summed E-state index contributed by atoms with van der Waals surface area (Å²) in [6.07, 6.45) is 11.3. The Kier molecular flexibility index (Phi) is 10.5. The van der Waals surface area contributed by atoms with Crippen molar-refractivity contribution < 1.29 is 14.0 Å². The van der Waals surface area contributed by atoms with Gasteiger partial charge >= 0.3 is 0 Å². The molecule has 4 nitrogen and oxygen atoms in total. The molecule has 0 saturated heterocycles. The fourth-order valence-corrected chi connectivity index (χ4v) is 4.98. The second-order valence-corrected chi connectivity index (χ2v) is 15.8. The number of ether oxygens (including phenoxy) is 1. The van der Waals surface area contributed by atoms with E-state index in [1.165, 1.54) is 50.5 Å². The zero-order valence-corrected chi connectivity index (χ0v) is 23.3. The van der Waals surface area contributed by atoms with Gasteiger partial charge in [-0.25, -0.2) is 0 Å². The predicted octanol–water partition coefficient (Wildman–Crippen LogP) is 7.84. The maximum absolute atomic E-state index is 13.4. The average molecular weight is 474 g/mol. The first-order valence-electron chi connectivity index (χ1n) is 12.9. The molecule has 1 aliphatic rings. The number of hydrogen-bond donors (Lipinski definition) is 0. The minimum atomic E-state index is -2.08. The lowest BCUT2D eigenvalue weighted by Crippen LogP contribution is -2.42. The fourth-order valence-electron chi connectivity index (χ4n) is 3.94. The third-order valence-corrected chi connectivity index (χ3v) is 11.5. The zero-order valence-electron chi connectivity index (χ0n) is 22.3. The minimum Gasteiger partial charge on any atom is -0.540 e. The van der Waals surface area contributed by atoms with Crippen LogP contribution in [-0.2, 0) is 15.8 Å². The second kappa shape index (κ2) is 12.6. The van der Waals surface area contributed by atoms with Gasteiger partial charge in [-0.1, -0.05) is 84.8 Å². The first-order chi connectivity index (χ1) is 15.6. The highest BCUT2D eigenvalue weighted by Crippen LogP contribution is 2.40. The van der Waals surface area contributed by atoms with E-state index in [2.05, 4.69) is 40.8 Å². The number of rotatable bonds is 14. The first kappa shape index (κ1) is 27.5. The highest BCUT2D eigenvalue weighted by Gasteiger charge is 2.43. The number of carbonyl (C=O) groups excluding carboxylic acids is 1. The number of carbonyl (C=O) groups is 1. The van der Waals surface area contributed by atoms with Crippen LogP contribution in [0.3, 0.4) is 0 Å². The Labute approximate surface area is 203 Å². The van der Waals surface area contributed by atoms with E-state index in [4.69, 9.17) is 9.16 Å². The Morgan fingerprint density at radius 2 is 1.52 bits per heavy atom. The normalized spacial score (nSPS) is 14.9. The Hall–Kier alpha value is -1.75. The van der Waals surface area contributed by atoms with Crippen molar-refractivity contribution in [1.82, 2.24) is 4.90 Å². The van der Waals surface area contributed by atoms with Crippen molar-refractivity contribution >= 4 is 14.2 Å². The Morgan fingerprint density at radius 3 is 2.06 bits per heavy atom. The van der Waals surface area contributed by atoms with Crippen LogP contribution in [0.25, 0.3) is 0 Å². The molecule has 1 aliphatic heterocycles. The second-order valence-electron chi connectivity index (χ2n) is 11.0. The molecule has 0 atom stereocenters. The van der Waals surface area contributed by atoms with E-state index in [1.807, 2.05) is 29.2 Å². The van der Waals surface area contributed by atoms with Crippen LogP contribution in [0.5, 0.6) is 5.75 Å². The maximum Gasteiger partial charge on any atom is 0.288 e. The van der Waals surface area contributed by atoms with Crippen LogP contribution in [0.2, 0.25) is 18.1 Å². The summed E-state index contributed by atoms with van der Waals surface area (Å²) in [6, 6.07) is 7.99. The molecule has 2 rings (SSSR count). The maximum atomic E-state index is 13.4. The molecule has 0 fully saturated rings. The van der Waals surface area contributed by atoms with Crippen LogP contribution in [0.1, 0.15) is 91.0 Å². The van der Waals surface area contributed by atoms with Gasteiger partial charge in [0.05, 0.1) is 7.11 Å². The largest absolute Gasteiger partial charge is 0.540 e. The molecule has 0 unspecified atom stereocenters. The quantitative estimate of drug-likeness (QED) is 0.204. The molecule has 0 spiro atoms. The number of hydrogen-bond acceptors (Lipinski definition) is 3. The van der Waals surface area contributed by atoms with Gasteiger partial charge in [0, 0.05) is 13.1 Å². The van der Waals surface area contributed by atoms with E-state index < -0.39 is 8.32 Å². The topological polar surface area (TPSA) is 38.8 Å². The Morgan fingerprint density at radius 1 is 0.939 bits per heavy atom. The molecule has 33 heavy (non-hydrogen) atoms. The van der Waals surface area contributed by atoms with E-state index in [1.54, 1.807) is 7.11 Å². The van der Waals surface area contributed by atoms with Crippen molar-refractivity contribution in [2.45, 2.75) is 110 Å². The highest BCUT2D eigenvalue weighted by molar-refractivity contribution is 6.74. The molecule has 1 amide bonds. The van der Waals surface area contributed by atoms with Crippen molar-refractivity contribution in [3.8, 4) is 5.75 Å². The molecule has 1 aromatic carbocycles. The van der Waals surface area contributed by atoms with Gasteiger partial charge in [0.1, 0.15) is 5.75 Å². The molecule has 1 heterocycles. The van der Waals surface area contributed by atoms with Gasteiger partial charge in [0.15, 0.2) is 5.76 Å². The summed E-state index contributed by atoms with van der Waals surface area (Å²) in [5, 5.41) is 0.0628. The molecular formula is C28H47NO3Si. The summed E-state index contributed by atoms with van der Waals surface area (Å²) in [5.41, 5.74) is 2.31. The smallest absolute Gasteiger partial charge is 0.288 e. The standard InChI is InChI=1S/C28H47NO3Si/c1-8-9-10-11-12-13-14-15-16-24-22-29(21-23-17-19-25(31-5)20-18-23)27(30)26(24)32-33(6,7)28(2,3)4/h17-20H,8-16,21-22H2,1-7H3. The van der Waals surface area contributed by atoms with E-state index in [0.717, 1.165) is 24.2 Å². The minimum absolute atomic E-state index is 0.0604. The lowest BCUT2D eigenvalue weighted by Gasteiger charge is -2.36. The van der Waals surface area contributed by atoms with E-state index in [0.29, 0.717) is 18.8 Å². The SMILES string of the molecule is CCCCCCCCCCC1=C(O[Si](C)(C)C(C)(C)C)C(=O)N(Cc2ccc(OC)cc2)C1. The van der Waals surface area contributed by atoms with Crippen LogP contribution in [0.15, 0.2) is 35.6 Å². The molecule has 0 N–H and O–H groups in total. The molecule has 0 radical (unpaired) electrons. The van der Waals surface area contributed by atoms with Crippen molar-refractivity contribution in [3.63, 3.8) is 0 Å². The number of amides is 1. The van der Waals surface area contributed by atoms with Crippen LogP contribution < -0.4 is 4.74 Å². The van der Waals surface area contributed by atoms with E-state index in [9.17, 15) is 4.79 Å². The number of methoxy groups -OCH3 is 1. The van der Waals surface area contributed by atoms with Gasteiger partial charge in [-0.05, 0) is 54.2 Å². The lowest BCUT2D eigenvalue weighted by molar-refractivity contribution is -0.128. The Balaban J connectivity index is 2.03. The molecule has 0 saturated carbocycles. The lowest BCUT2D eigenvalue weighted by atomic mass is 10.0. The third-order valence-electron chi connectivity index (χ3n) is 7.21. The summed E-state index contributed by atoms with van der Waals surface area (Å²) in [7, 11) is -0.411. The zero-order chi connectivity index (χ0) is 24.5. The Bertz CT molecular complexity index is 777. The van der Waals surface area contributed by atoms with Crippen LogP contribution in [0, 0.1) is 0 Å². The van der Waals surface area contributed by atoms with Gasteiger partial charge in [-0.15, -0.1) is 0 Å². The average Bonchev–Trinajstić information content (AvgIpc) is 3.04. The van der Waals surface area contributed by atoms with Crippen molar-refractivity contribution in [1.29, 1.82) is 0 Å². The van der Waals surface area contributed by atoms with E-state index in [-0.39, 0.29) is 10.9 Å². The first-order valence-corrected chi connectivity index (χ1v) is 15.8. The summed E-state index contributed by atoms with van der Waals surface area (Å²) >= 11 is 0. The number of nitrogens with zero attached hydrogens (tertiary/aromatic N) is 1. The summed E-state index contributed by atoms with van der Waals surface area (Å²) in [5.74, 6) is 1.55. The molecule has 186 valence electrons. The molecular weight excluding hydrogens is 426 g/mol. The van der Waals surface area contributed by atoms with Crippen LogP contribution in [-0.4, -0.2) is 32.8 Å². The number of unbranched alkanes of at least 4 members (excludes halogenated alkanes) is 7. The van der Waals surface area contributed by atoms with Gasteiger partial charge in [-0.2, -0.15) is 0 Å². The summed E-state index contributed by atoms with van der Waals surface area (Å²) < 4.78 is 11.9. The van der Waals surface area contributed by atoms with Gasteiger partial charge in [0.2, 0.25) is 0 Å². The molecule has 5 heteroatoms. The van der Waals surface area contributed by atoms with Gasteiger partial charge < -0.3 is 14.1 Å². The molecule has 1 aromatic rings.